The Morgan fingerprint density at radius 3 is 2.48 bits per heavy atom. The molecular formula is C18H20N2O4S. The third kappa shape index (κ3) is 3.83. The first-order chi connectivity index (χ1) is 12.0. The van der Waals surface area contributed by atoms with Gasteiger partial charge in [-0.1, -0.05) is 24.3 Å². The Hall–Kier alpha value is -2.38. The third-order valence-electron chi connectivity index (χ3n) is 4.21. The minimum atomic E-state index is -3.56. The van der Waals surface area contributed by atoms with Gasteiger partial charge in [0.2, 0.25) is 10.0 Å². The molecule has 1 aliphatic rings. The van der Waals surface area contributed by atoms with E-state index in [1.165, 1.54) is 29.0 Å². The maximum atomic E-state index is 12.8. The van der Waals surface area contributed by atoms with Gasteiger partial charge in [-0.05, 0) is 41.8 Å². The lowest BCUT2D eigenvalue weighted by atomic mass is 10.0. The van der Waals surface area contributed by atoms with Crippen LogP contribution in [0, 0.1) is 0 Å². The monoisotopic (exact) mass is 360 g/mol. The molecule has 0 unspecified atom stereocenters. The molecule has 1 heterocycles. The van der Waals surface area contributed by atoms with Gasteiger partial charge < -0.3 is 10.1 Å². The van der Waals surface area contributed by atoms with E-state index in [4.69, 9.17) is 4.74 Å². The standard InChI is InChI=1S/C18H20N2O4S/c1-19-18(21)13-24-16-6-8-17(9-7-16)25(22,23)20-11-10-14-4-2-3-5-15(14)12-20/h2-9H,10-13H2,1H3,(H,19,21). The van der Waals surface area contributed by atoms with Crippen LogP contribution in [0.5, 0.6) is 5.75 Å². The number of nitrogens with one attached hydrogen (secondary N) is 1. The third-order valence-corrected chi connectivity index (χ3v) is 6.07. The SMILES string of the molecule is CNC(=O)COc1ccc(S(=O)(=O)N2CCc3ccccc3C2)cc1. The van der Waals surface area contributed by atoms with Gasteiger partial charge in [0.15, 0.2) is 6.61 Å². The number of rotatable bonds is 5. The zero-order chi connectivity index (χ0) is 17.9. The van der Waals surface area contributed by atoms with E-state index in [1.54, 1.807) is 12.1 Å². The number of sulfonamides is 1. The summed E-state index contributed by atoms with van der Waals surface area (Å²) in [4.78, 5) is 11.4. The summed E-state index contributed by atoms with van der Waals surface area (Å²) in [5.74, 6) is 0.204. The zero-order valence-corrected chi connectivity index (χ0v) is 14.8. The van der Waals surface area contributed by atoms with Gasteiger partial charge in [0.05, 0.1) is 4.90 Å². The molecule has 0 fully saturated rings. The van der Waals surface area contributed by atoms with Gasteiger partial charge in [-0.3, -0.25) is 4.79 Å². The van der Waals surface area contributed by atoms with Crippen molar-refractivity contribution in [2.45, 2.75) is 17.9 Å². The highest BCUT2D eigenvalue weighted by molar-refractivity contribution is 7.89. The fourth-order valence-electron chi connectivity index (χ4n) is 2.75. The summed E-state index contributed by atoms with van der Waals surface area (Å²) < 4.78 is 32.5. The molecule has 0 radical (unpaired) electrons. The molecule has 25 heavy (non-hydrogen) atoms. The molecule has 0 aliphatic carbocycles. The van der Waals surface area contributed by atoms with Crippen LogP contribution in [0.3, 0.4) is 0 Å². The van der Waals surface area contributed by atoms with Crippen LogP contribution in [0.25, 0.3) is 0 Å². The Kier molecular flexibility index (Phi) is 5.06. The highest BCUT2D eigenvalue weighted by Crippen LogP contribution is 2.25. The second kappa shape index (κ2) is 7.25. The van der Waals surface area contributed by atoms with Crippen molar-refractivity contribution in [3.8, 4) is 5.75 Å². The first-order valence-electron chi connectivity index (χ1n) is 8.01. The van der Waals surface area contributed by atoms with E-state index in [-0.39, 0.29) is 17.4 Å². The summed E-state index contributed by atoms with van der Waals surface area (Å²) in [5.41, 5.74) is 2.25. The van der Waals surface area contributed by atoms with Crippen molar-refractivity contribution >= 4 is 15.9 Å². The lowest BCUT2D eigenvalue weighted by molar-refractivity contribution is -0.122. The van der Waals surface area contributed by atoms with Gasteiger partial charge in [0.25, 0.3) is 5.91 Å². The summed E-state index contributed by atoms with van der Waals surface area (Å²) in [6, 6.07) is 14.0. The minimum absolute atomic E-state index is 0.106. The van der Waals surface area contributed by atoms with Gasteiger partial charge >= 0.3 is 0 Å². The lowest BCUT2D eigenvalue weighted by Crippen LogP contribution is -2.35. The Balaban J connectivity index is 1.73. The number of carbonyl (C=O) groups is 1. The molecule has 6 nitrogen and oxygen atoms in total. The van der Waals surface area contributed by atoms with Crippen molar-refractivity contribution in [3.63, 3.8) is 0 Å². The minimum Gasteiger partial charge on any atom is -0.484 e. The number of fused-ring (bicyclic) bond motifs is 1. The topological polar surface area (TPSA) is 75.7 Å². The first-order valence-corrected chi connectivity index (χ1v) is 9.45. The second-order valence-electron chi connectivity index (χ2n) is 5.79. The number of likely N-dealkylation sites (N-methyl/N-ethyl adjacent to an activating group) is 1. The largest absolute Gasteiger partial charge is 0.484 e. The van der Waals surface area contributed by atoms with Gasteiger partial charge in [-0.25, -0.2) is 8.42 Å². The van der Waals surface area contributed by atoms with Crippen molar-refractivity contribution in [2.24, 2.45) is 0 Å². The number of hydrogen-bond acceptors (Lipinski definition) is 4. The van der Waals surface area contributed by atoms with E-state index in [1.807, 2.05) is 24.3 Å². The Morgan fingerprint density at radius 2 is 1.80 bits per heavy atom. The average Bonchev–Trinajstić information content (AvgIpc) is 2.66. The molecule has 3 rings (SSSR count). The lowest BCUT2D eigenvalue weighted by Gasteiger charge is -2.28. The molecule has 0 saturated heterocycles. The highest BCUT2D eigenvalue weighted by atomic mass is 32.2. The van der Waals surface area contributed by atoms with Crippen LogP contribution in [-0.2, 0) is 27.8 Å². The fourth-order valence-corrected chi connectivity index (χ4v) is 4.17. The Bertz CT molecular complexity index is 863. The van der Waals surface area contributed by atoms with Gasteiger partial charge in [0.1, 0.15) is 5.75 Å². The van der Waals surface area contributed by atoms with Crippen LogP contribution >= 0.6 is 0 Å². The Morgan fingerprint density at radius 1 is 1.12 bits per heavy atom. The highest BCUT2D eigenvalue weighted by Gasteiger charge is 2.28. The van der Waals surface area contributed by atoms with E-state index >= 15 is 0 Å². The summed E-state index contributed by atoms with van der Waals surface area (Å²) >= 11 is 0. The first kappa shape index (κ1) is 17.4. The molecule has 2 aromatic rings. The molecule has 0 spiro atoms. The van der Waals surface area contributed by atoms with E-state index in [0.717, 1.165) is 5.56 Å². The maximum absolute atomic E-state index is 12.8. The molecular weight excluding hydrogens is 340 g/mol. The summed E-state index contributed by atoms with van der Waals surface area (Å²) in [7, 11) is -2.03. The smallest absolute Gasteiger partial charge is 0.257 e. The maximum Gasteiger partial charge on any atom is 0.257 e. The van der Waals surface area contributed by atoms with Crippen LogP contribution < -0.4 is 10.1 Å². The van der Waals surface area contributed by atoms with Crippen molar-refractivity contribution in [1.29, 1.82) is 0 Å². The van der Waals surface area contributed by atoms with Crippen LogP contribution in [0.2, 0.25) is 0 Å². The van der Waals surface area contributed by atoms with E-state index < -0.39 is 10.0 Å². The Labute approximate surface area is 147 Å². The molecule has 0 atom stereocenters. The van der Waals surface area contributed by atoms with E-state index in [2.05, 4.69) is 5.32 Å². The predicted octanol–water partition coefficient (Wildman–Crippen LogP) is 1.56. The summed E-state index contributed by atoms with van der Waals surface area (Å²) in [6.45, 7) is 0.743. The van der Waals surface area contributed by atoms with Gasteiger partial charge in [0, 0.05) is 20.1 Å². The van der Waals surface area contributed by atoms with Gasteiger partial charge in [-0.15, -0.1) is 0 Å². The van der Waals surface area contributed by atoms with E-state index in [9.17, 15) is 13.2 Å². The van der Waals surface area contributed by atoms with Crippen LogP contribution in [-0.4, -0.2) is 38.8 Å². The van der Waals surface area contributed by atoms with E-state index in [0.29, 0.717) is 25.3 Å². The number of benzene rings is 2. The number of hydrogen-bond donors (Lipinski definition) is 1. The molecule has 1 amide bonds. The number of ether oxygens (including phenoxy) is 1. The molecule has 1 aliphatic heterocycles. The van der Waals surface area contributed by atoms with Crippen LogP contribution in [0.4, 0.5) is 0 Å². The summed E-state index contributed by atoms with van der Waals surface area (Å²) in [6.07, 6.45) is 0.711. The van der Waals surface area contributed by atoms with Crippen molar-refractivity contribution in [1.82, 2.24) is 9.62 Å². The fraction of sp³-hybridized carbons (Fsp3) is 0.278. The van der Waals surface area contributed by atoms with Crippen molar-refractivity contribution in [2.75, 3.05) is 20.2 Å². The molecule has 1 N–H and O–H groups in total. The average molecular weight is 360 g/mol. The van der Waals surface area contributed by atoms with Crippen molar-refractivity contribution < 1.29 is 17.9 Å². The molecule has 0 bridgehead atoms. The molecule has 0 aromatic heterocycles. The molecule has 2 aromatic carbocycles. The van der Waals surface area contributed by atoms with Crippen LogP contribution in [0.1, 0.15) is 11.1 Å². The number of amides is 1. The second-order valence-corrected chi connectivity index (χ2v) is 7.73. The zero-order valence-electron chi connectivity index (χ0n) is 13.9. The molecule has 7 heteroatoms. The predicted molar refractivity (Wildman–Crippen MR) is 93.7 cm³/mol. The number of nitrogens with zero attached hydrogens (tertiary/aromatic N) is 1. The van der Waals surface area contributed by atoms with Crippen LogP contribution in [0.15, 0.2) is 53.4 Å². The quantitative estimate of drug-likeness (QED) is 0.878. The normalized spacial score (nSPS) is 14.6. The molecule has 0 saturated carbocycles. The van der Waals surface area contributed by atoms with Crippen molar-refractivity contribution in [3.05, 3.63) is 59.7 Å². The molecule has 132 valence electrons. The number of carbonyl (C=O) groups excluding carboxylic acids is 1. The summed E-state index contributed by atoms with van der Waals surface area (Å²) in [5, 5.41) is 2.46. The van der Waals surface area contributed by atoms with Gasteiger partial charge in [-0.2, -0.15) is 4.31 Å².